The van der Waals surface area contributed by atoms with E-state index in [4.69, 9.17) is 4.74 Å². The van der Waals surface area contributed by atoms with Crippen molar-refractivity contribution < 1.29 is 19.1 Å². The van der Waals surface area contributed by atoms with Gasteiger partial charge in [0.1, 0.15) is 6.04 Å². The molecule has 3 aromatic carbocycles. The van der Waals surface area contributed by atoms with Gasteiger partial charge in [0.2, 0.25) is 11.8 Å². The third-order valence-corrected chi connectivity index (χ3v) is 12.7. The highest BCUT2D eigenvalue weighted by Crippen LogP contribution is 2.26. The molecule has 1 N–H and O–H groups in total. The fourth-order valence-corrected chi connectivity index (χ4v) is 8.92. The number of imide groups is 1. The maximum Gasteiger partial charge on any atom is 0.275 e. The Morgan fingerprint density at radius 3 is 2.38 bits per heavy atom. The summed E-state index contributed by atoms with van der Waals surface area (Å²) in [6.45, 7) is 7.70. The van der Waals surface area contributed by atoms with Crippen molar-refractivity contribution in [2.45, 2.75) is 51.6 Å². The molecule has 1 unspecified atom stereocenters. The second-order valence-corrected chi connectivity index (χ2v) is 17.1. The number of ether oxygens (including phenoxy) is 1. The van der Waals surface area contributed by atoms with Crippen molar-refractivity contribution in [3.05, 3.63) is 129 Å². The summed E-state index contributed by atoms with van der Waals surface area (Å²) in [5.74, 6) is 0.719. The van der Waals surface area contributed by atoms with E-state index in [1.54, 1.807) is 36.7 Å². The van der Waals surface area contributed by atoms with Crippen LogP contribution in [0.3, 0.4) is 0 Å². The van der Waals surface area contributed by atoms with Crippen molar-refractivity contribution >= 4 is 34.2 Å². The van der Waals surface area contributed by atoms with Gasteiger partial charge in [0.25, 0.3) is 17.0 Å². The molecule has 3 aromatic heterocycles. The number of benzene rings is 3. The standard InChI is InChI=1S/C49H49N11O6/c1-32-40-9-8-38(26-41(40)49(65)60(54-32)43-11-12-44(61)53-48(43)64)57-22-20-56(21-23-57)17-16-45(62)58-18-14-33(15-19-58)31-66-39-28-51-47(52-29-39)37-7-3-5-35(25-37)30-59-46(63)13-10-42(55-59)36-6-2-4-34(24-36)27-50/h2-10,13,24-26,28-29,33,43H,11-12,14-23,30-31H2,1H3,(H,53,61,64). The molecule has 66 heavy (non-hydrogen) atoms. The third-order valence-electron chi connectivity index (χ3n) is 12.7. The highest BCUT2D eigenvalue weighted by Gasteiger charge is 2.31. The van der Waals surface area contributed by atoms with Crippen molar-refractivity contribution in [1.82, 2.24) is 44.6 Å². The second kappa shape index (κ2) is 19.3. The summed E-state index contributed by atoms with van der Waals surface area (Å²) in [4.78, 5) is 79.4. The molecule has 3 fully saturated rings. The number of aryl methyl sites for hydroxylation is 1. The average Bonchev–Trinajstić information content (AvgIpc) is 3.35. The quantitative estimate of drug-likeness (QED) is 0.172. The Morgan fingerprint density at radius 2 is 1.61 bits per heavy atom. The van der Waals surface area contributed by atoms with E-state index in [0.29, 0.717) is 72.5 Å². The first-order chi connectivity index (χ1) is 32.1. The zero-order chi connectivity index (χ0) is 45.7. The van der Waals surface area contributed by atoms with Crippen LogP contribution in [0.5, 0.6) is 5.75 Å². The van der Waals surface area contributed by atoms with Crippen LogP contribution in [0.25, 0.3) is 33.4 Å². The molecule has 0 spiro atoms. The lowest BCUT2D eigenvalue weighted by molar-refractivity contribution is -0.136. The minimum absolute atomic E-state index is 0.160. The Labute approximate surface area is 380 Å². The number of likely N-dealkylation sites (tertiary alicyclic amines) is 1. The fourth-order valence-electron chi connectivity index (χ4n) is 8.92. The maximum atomic E-state index is 13.6. The van der Waals surface area contributed by atoms with Gasteiger partial charge < -0.3 is 14.5 Å². The number of fused-ring (bicyclic) bond motifs is 1. The van der Waals surface area contributed by atoms with E-state index in [1.807, 2.05) is 60.4 Å². The van der Waals surface area contributed by atoms with Crippen molar-refractivity contribution in [3.63, 3.8) is 0 Å². The second-order valence-electron chi connectivity index (χ2n) is 17.1. The Bertz CT molecular complexity index is 2960. The number of carbonyl (C=O) groups is 3. The van der Waals surface area contributed by atoms with E-state index in [-0.39, 0.29) is 42.3 Å². The van der Waals surface area contributed by atoms with Crippen LogP contribution in [-0.2, 0) is 20.9 Å². The minimum Gasteiger partial charge on any atom is -0.490 e. The largest absolute Gasteiger partial charge is 0.490 e. The van der Waals surface area contributed by atoms with Crippen LogP contribution in [0.2, 0.25) is 0 Å². The van der Waals surface area contributed by atoms with Crippen LogP contribution >= 0.6 is 0 Å². The molecule has 0 radical (unpaired) electrons. The number of rotatable bonds is 12. The molecule has 3 aliphatic rings. The summed E-state index contributed by atoms with van der Waals surface area (Å²) in [6.07, 6.45) is 5.89. The van der Waals surface area contributed by atoms with Gasteiger partial charge in [0.05, 0.1) is 54.0 Å². The number of anilines is 1. The lowest BCUT2D eigenvalue weighted by Gasteiger charge is -2.37. The van der Waals surface area contributed by atoms with Gasteiger partial charge in [-0.3, -0.25) is 34.2 Å². The third kappa shape index (κ3) is 9.73. The van der Waals surface area contributed by atoms with E-state index in [2.05, 4.69) is 41.4 Å². The molecule has 3 amide bonds. The number of amides is 3. The van der Waals surface area contributed by atoms with Gasteiger partial charge in [-0.1, -0.05) is 36.4 Å². The van der Waals surface area contributed by atoms with Crippen LogP contribution in [0.15, 0.2) is 101 Å². The van der Waals surface area contributed by atoms with E-state index in [9.17, 15) is 29.2 Å². The molecule has 6 aromatic rings. The number of piperidine rings is 2. The van der Waals surface area contributed by atoms with Crippen molar-refractivity contribution in [2.24, 2.45) is 5.92 Å². The molecule has 6 heterocycles. The molecule has 9 rings (SSSR count). The Kier molecular flexibility index (Phi) is 12.7. The summed E-state index contributed by atoms with van der Waals surface area (Å²) in [7, 11) is 0. The van der Waals surface area contributed by atoms with Gasteiger partial charge in [0, 0.05) is 86.9 Å². The first-order valence-electron chi connectivity index (χ1n) is 22.3. The first kappa shape index (κ1) is 43.7. The van der Waals surface area contributed by atoms with Gasteiger partial charge in [-0.15, -0.1) is 0 Å². The molecule has 0 aliphatic carbocycles. The van der Waals surface area contributed by atoms with Crippen LogP contribution in [0, 0.1) is 24.2 Å². The highest BCUT2D eigenvalue weighted by molar-refractivity contribution is 5.99. The smallest absolute Gasteiger partial charge is 0.275 e. The Hall–Kier alpha value is -7.58. The lowest BCUT2D eigenvalue weighted by Crippen LogP contribution is -2.48. The lowest BCUT2D eigenvalue weighted by atomic mass is 9.97. The minimum atomic E-state index is -0.821. The summed E-state index contributed by atoms with van der Waals surface area (Å²) in [6, 6.07) is 25.0. The predicted molar refractivity (Wildman–Crippen MR) is 245 cm³/mol. The molecule has 3 saturated heterocycles. The summed E-state index contributed by atoms with van der Waals surface area (Å²) in [5, 5.41) is 21.8. The molecule has 17 heteroatoms. The normalized spacial score (nSPS) is 17.1. The van der Waals surface area contributed by atoms with Gasteiger partial charge in [-0.2, -0.15) is 15.5 Å². The van der Waals surface area contributed by atoms with E-state index < -0.39 is 11.9 Å². The topological polar surface area (TPSA) is 202 Å². The van der Waals surface area contributed by atoms with Crippen LogP contribution in [0.4, 0.5) is 5.69 Å². The highest BCUT2D eigenvalue weighted by atomic mass is 16.5. The van der Waals surface area contributed by atoms with Crippen LogP contribution in [0.1, 0.15) is 55.0 Å². The first-order valence-corrected chi connectivity index (χ1v) is 22.3. The van der Waals surface area contributed by atoms with Gasteiger partial charge in [-0.05, 0) is 74.1 Å². The fraction of sp³-hybridized carbons (Fsp3) is 0.347. The molecule has 3 aliphatic heterocycles. The number of piperazine rings is 1. The Morgan fingerprint density at radius 1 is 0.833 bits per heavy atom. The van der Waals surface area contributed by atoms with E-state index in [1.165, 1.54) is 15.4 Å². The molecular formula is C49H49N11O6. The zero-order valence-corrected chi connectivity index (χ0v) is 36.6. The number of aromatic nitrogens is 6. The number of carbonyl (C=O) groups excluding carboxylic acids is 3. The summed E-state index contributed by atoms with van der Waals surface area (Å²) in [5.41, 5.74) is 4.50. The summed E-state index contributed by atoms with van der Waals surface area (Å²) < 4.78 is 8.73. The number of hydrogen-bond donors (Lipinski definition) is 1. The van der Waals surface area contributed by atoms with Crippen molar-refractivity contribution in [3.8, 4) is 34.5 Å². The number of nitriles is 1. The van der Waals surface area contributed by atoms with Gasteiger partial charge >= 0.3 is 0 Å². The van der Waals surface area contributed by atoms with E-state index >= 15 is 0 Å². The average molecular weight is 888 g/mol. The molecule has 0 saturated carbocycles. The van der Waals surface area contributed by atoms with Crippen LogP contribution < -0.4 is 26.1 Å². The monoisotopic (exact) mass is 887 g/mol. The van der Waals surface area contributed by atoms with Crippen LogP contribution in [-0.4, -0.2) is 109 Å². The SMILES string of the molecule is Cc1nn(C2CCC(=O)NC2=O)c(=O)c2cc(N3CCN(CCC(=O)N4CCC(COc5cnc(-c6cccc(Cn7nc(-c8cccc(C#N)c8)ccc7=O)c6)nc5)CC4)CC3)ccc12. The number of hydrogen-bond acceptors (Lipinski definition) is 13. The molecule has 336 valence electrons. The maximum absolute atomic E-state index is 13.6. The van der Waals surface area contributed by atoms with Crippen molar-refractivity contribution in [2.75, 3.05) is 57.3 Å². The molecule has 1 atom stereocenters. The predicted octanol–water partition coefficient (Wildman–Crippen LogP) is 4.11. The molecule has 0 bridgehead atoms. The van der Waals surface area contributed by atoms with E-state index in [0.717, 1.165) is 66.8 Å². The number of nitrogens with one attached hydrogen (secondary N) is 1. The Balaban J connectivity index is 0.712. The summed E-state index contributed by atoms with van der Waals surface area (Å²) >= 11 is 0. The number of nitrogens with zero attached hydrogens (tertiary/aromatic N) is 10. The molecular weight excluding hydrogens is 839 g/mol. The van der Waals surface area contributed by atoms with Gasteiger partial charge in [-0.25, -0.2) is 19.3 Å². The zero-order valence-electron chi connectivity index (χ0n) is 36.6. The molecule has 17 nitrogen and oxygen atoms in total. The van der Waals surface area contributed by atoms with Gasteiger partial charge in [0.15, 0.2) is 11.6 Å². The van der Waals surface area contributed by atoms with Crippen molar-refractivity contribution in [1.29, 1.82) is 5.26 Å².